The fourth-order valence-electron chi connectivity index (χ4n) is 5.90. The first-order valence-electron chi connectivity index (χ1n) is 11.6. The molecule has 2 unspecified atom stereocenters. The van der Waals surface area contributed by atoms with E-state index in [4.69, 9.17) is 14.7 Å². The summed E-state index contributed by atoms with van der Waals surface area (Å²) in [6.07, 6.45) is 2.54. The summed E-state index contributed by atoms with van der Waals surface area (Å²) in [6.45, 7) is 12.0. The van der Waals surface area contributed by atoms with Gasteiger partial charge in [-0.15, -0.1) is 0 Å². The van der Waals surface area contributed by atoms with Gasteiger partial charge in [-0.3, -0.25) is 4.79 Å². The minimum Gasteiger partial charge on any atom is -0.446 e. The molecule has 1 saturated carbocycles. The third kappa shape index (κ3) is 2.87. The third-order valence-corrected chi connectivity index (χ3v) is 8.39. The second kappa shape index (κ2) is 6.78. The number of oxime groups is 1. The lowest BCUT2D eigenvalue weighted by Gasteiger charge is -2.34. The summed E-state index contributed by atoms with van der Waals surface area (Å²) < 4.78 is 7.63. The fraction of sp³-hybridized carbons (Fsp3) is 0.538. The average molecular weight is 450 g/mol. The summed E-state index contributed by atoms with van der Waals surface area (Å²) in [5.74, 6) is -0.919. The van der Waals surface area contributed by atoms with E-state index in [1.807, 2.05) is 62.7 Å². The molecule has 5 rings (SSSR count). The first-order valence-corrected chi connectivity index (χ1v) is 11.6. The predicted octanol–water partition coefficient (Wildman–Crippen LogP) is 4.52. The number of fused-ring (bicyclic) bond motifs is 3. The van der Waals surface area contributed by atoms with Crippen LogP contribution in [0.3, 0.4) is 0 Å². The van der Waals surface area contributed by atoms with Crippen molar-refractivity contribution in [2.75, 3.05) is 0 Å². The molecule has 1 aromatic heterocycles. The summed E-state index contributed by atoms with van der Waals surface area (Å²) >= 11 is 0. The van der Waals surface area contributed by atoms with E-state index < -0.39 is 22.4 Å². The van der Waals surface area contributed by atoms with Gasteiger partial charge in [0, 0.05) is 11.0 Å². The number of para-hydroxylation sites is 1. The first-order chi connectivity index (χ1) is 15.4. The molecule has 174 valence electrons. The highest BCUT2D eigenvalue weighted by Crippen LogP contribution is 2.65. The van der Waals surface area contributed by atoms with Gasteiger partial charge in [0.1, 0.15) is 0 Å². The van der Waals surface area contributed by atoms with Crippen molar-refractivity contribution < 1.29 is 19.2 Å². The standard InChI is InChI=1S/C26H31N3O4/c1-16-20-18(14-23(2,3)15-19(20)29(27-16)17-10-8-7-9-11-17)28-33-22(31)26-13-12-25(6,21(30)32-26)24(26,4)5/h7-11H,12-15H2,1-6H3/b28-18+. The van der Waals surface area contributed by atoms with Gasteiger partial charge >= 0.3 is 11.9 Å². The lowest BCUT2D eigenvalue weighted by molar-refractivity contribution is -0.183. The SMILES string of the molecule is Cc1nn(-c2ccccc2)c2c1/C(=N/OC(=O)C13CCC(C)(C(=O)O1)C3(C)C)CC(C)(C)C2. The van der Waals surface area contributed by atoms with Gasteiger partial charge in [0.2, 0.25) is 5.60 Å². The Balaban J connectivity index is 1.52. The van der Waals surface area contributed by atoms with E-state index >= 15 is 0 Å². The molecule has 7 nitrogen and oxygen atoms in total. The smallest absolute Gasteiger partial charge is 0.378 e. The van der Waals surface area contributed by atoms with Crippen molar-refractivity contribution in [2.45, 2.75) is 72.8 Å². The van der Waals surface area contributed by atoms with Crippen molar-refractivity contribution >= 4 is 17.7 Å². The number of carbonyl (C=O) groups is 2. The molecule has 2 aliphatic carbocycles. The zero-order valence-electron chi connectivity index (χ0n) is 20.2. The molecule has 1 saturated heterocycles. The summed E-state index contributed by atoms with van der Waals surface area (Å²) in [5.41, 5.74) is 1.80. The number of aromatic nitrogens is 2. The molecule has 33 heavy (non-hydrogen) atoms. The van der Waals surface area contributed by atoms with Gasteiger partial charge in [-0.1, -0.05) is 51.0 Å². The molecular formula is C26H31N3O4. The van der Waals surface area contributed by atoms with Gasteiger partial charge in [-0.2, -0.15) is 5.10 Å². The van der Waals surface area contributed by atoms with Crippen molar-refractivity contribution in [3.8, 4) is 5.69 Å². The van der Waals surface area contributed by atoms with E-state index in [0.717, 1.165) is 29.1 Å². The fourth-order valence-corrected chi connectivity index (χ4v) is 5.90. The number of rotatable bonds is 3. The highest BCUT2D eigenvalue weighted by molar-refractivity contribution is 6.04. The van der Waals surface area contributed by atoms with Crippen LogP contribution >= 0.6 is 0 Å². The molecule has 0 amide bonds. The molecule has 1 aromatic carbocycles. The van der Waals surface area contributed by atoms with Crippen molar-refractivity contribution in [3.63, 3.8) is 0 Å². The highest BCUT2D eigenvalue weighted by Gasteiger charge is 2.76. The van der Waals surface area contributed by atoms with Crippen LogP contribution < -0.4 is 0 Å². The van der Waals surface area contributed by atoms with Gasteiger partial charge < -0.3 is 9.57 Å². The highest BCUT2D eigenvalue weighted by atomic mass is 16.7. The molecule has 2 heterocycles. The quantitative estimate of drug-likeness (QED) is 0.391. The Kier molecular flexibility index (Phi) is 4.49. The zero-order chi connectivity index (χ0) is 23.8. The minimum atomic E-state index is -1.29. The zero-order valence-corrected chi connectivity index (χ0v) is 20.2. The molecule has 0 radical (unpaired) electrons. The summed E-state index contributed by atoms with van der Waals surface area (Å²) in [4.78, 5) is 31.4. The van der Waals surface area contributed by atoms with Crippen LogP contribution in [-0.4, -0.2) is 33.0 Å². The first kappa shape index (κ1) is 21.9. The van der Waals surface area contributed by atoms with Gasteiger partial charge in [-0.05, 0) is 57.1 Å². The molecule has 0 spiro atoms. The molecular weight excluding hydrogens is 418 g/mol. The van der Waals surface area contributed by atoms with Crippen molar-refractivity contribution in [2.24, 2.45) is 21.4 Å². The molecule has 1 aliphatic heterocycles. The van der Waals surface area contributed by atoms with Crippen LogP contribution in [-0.2, 0) is 25.6 Å². The van der Waals surface area contributed by atoms with E-state index in [1.165, 1.54) is 0 Å². The maximum atomic E-state index is 13.3. The molecule has 0 N–H and O–H groups in total. The molecule has 2 bridgehead atoms. The number of carbonyl (C=O) groups excluding carboxylic acids is 2. The van der Waals surface area contributed by atoms with E-state index in [0.29, 0.717) is 25.0 Å². The average Bonchev–Trinajstić information content (AvgIpc) is 3.24. The van der Waals surface area contributed by atoms with Gasteiger partial charge in [-0.25, -0.2) is 9.48 Å². The lowest BCUT2D eigenvalue weighted by Crippen LogP contribution is -2.48. The Morgan fingerprint density at radius 2 is 1.79 bits per heavy atom. The number of benzene rings is 1. The van der Waals surface area contributed by atoms with Crippen LogP contribution in [0, 0.1) is 23.2 Å². The second-order valence-electron chi connectivity index (χ2n) is 11.3. The maximum absolute atomic E-state index is 13.3. The normalized spacial score (nSPS) is 30.2. The van der Waals surface area contributed by atoms with Gasteiger partial charge in [0.15, 0.2) is 0 Å². The Hall–Kier alpha value is -2.96. The summed E-state index contributed by atoms with van der Waals surface area (Å²) in [5, 5.41) is 9.17. The van der Waals surface area contributed by atoms with Crippen LogP contribution in [0.4, 0.5) is 0 Å². The lowest BCUT2D eigenvalue weighted by atomic mass is 9.66. The number of nitrogens with zero attached hydrogens (tertiary/aromatic N) is 3. The van der Waals surface area contributed by atoms with Crippen LogP contribution in [0.1, 0.15) is 70.8 Å². The van der Waals surface area contributed by atoms with Gasteiger partial charge in [0.25, 0.3) is 0 Å². The van der Waals surface area contributed by atoms with E-state index in [9.17, 15) is 9.59 Å². The van der Waals surface area contributed by atoms with Crippen molar-refractivity contribution in [1.29, 1.82) is 0 Å². The summed E-state index contributed by atoms with van der Waals surface area (Å²) in [7, 11) is 0. The van der Waals surface area contributed by atoms with Crippen LogP contribution in [0.5, 0.6) is 0 Å². The van der Waals surface area contributed by atoms with E-state index in [-0.39, 0.29) is 11.4 Å². The monoisotopic (exact) mass is 449 g/mol. The van der Waals surface area contributed by atoms with Crippen LogP contribution in [0.25, 0.3) is 5.69 Å². The number of hydrogen-bond donors (Lipinski definition) is 0. The van der Waals surface area contributed by atoms with E-state index in [1.54, 1.807) is 0 Å². The second-order valence-corrected chi connectivity index (χ2v) is 11.3. The van der Waals surface area contributed by atoms with E-state index in [2.05, 4.69) is 19.0 Å². The topological polar surface area (TPSA) is 82.8 Å². The summed E-state index contributed by atoms with van der Waals surface area (Å²) in [6, 6.07) is 10.0. The molecule has 7 heteroatoms. The number of ether oxygens (including phenoxy) is 1. The third-order valence-electron chi connectivity index (χ3n) is 8.39. The van der Waals surface area contributed by atoms with Crippen molar-refractivity contribution in [3.05, 3.63) is 47.3 Å². The number of hydrogen-bond acceptors (Lipinski definition) is 6. The Morgan fingerprint density at radius 3 is 2.39 bits per heavy atom. The van der Waals surface area contributed by atoms with Crippen molar-refractivity contribution in [1.82, 2.24) is 9.78 Å². The Labute approximate surface area is 194 Å². The number of esters is 1. The molecule has 3 aliphatic rings. The van der Waals surface area contributed by atoms with Crippen LogP contribution in [0.15, 0.2) is 35.5 Å². The Morgan fingerprint density at radius 1 is 1.09 bits per heavy atom. The molecule has 2 atom stereocenters. The molecule has 2 aromatic rings. The number of aryl methyl sites for hydroxylation is 1. The predicted molar refractivity (Wildman–Crippen MR) is 123 cm³/mol. The molecule has 2 fully saturated rings. The maximum Gasteiger partial charge on any atom is 0.378 e. The minimum absolute atomic E-state index is 0.0828. The Bertz CT molecular complexity index is 1190. The van der Waals surface area contributed by atoms with Gasteiger partial charge in [0.05, 0.1) is 28.2 Å². The largest absolute Gasteiger partial charge is 0.446 e. The van der Waals surface area contributed by atoms with Crippen LogP contribution in [0.2, 0.25) is 0 Å².